The molecule has 94 valence electrons. The molecule has 1 atom stereocenters. The van der Waals surface area contributed by atoms with Gasteiger partial charge >= 0.3 is 0 Å². The van der Waals surface area contributed by atoms with Crippen molar-refractivity contribution in [1.29, 1.82) is 0 Å². The second kappa shape index (κ2) is 8.10. The van der Waals surface area contributed by atoms with E-state index in [0.29, 0.717) is 6.61 Å². The molecule has 16 heavy (non-hydrogen) atoms. The summed E-state index contributed by atoms with van der Waals surface area (Å²) in [5.74, 6) is -0.446. The van der Waals surface area contributed by atoms with Gasteiger partial charge in [0, 0.05) is 12.6 Å². The van der Waals surface area contributed by atoms with Crippen LogP contribution >= 0.6 is 0 Å². The Morgan fingerprint density at radius 1 is 1.19 bits per heavy atom. The van der Waals surface area contributed by atoms with Crippen LogP contribution in [-0.4, -0.2) is 37.1 Å². The summed E-state index contributed by atoms with van der Waals surface area (Å²) in [6, 6.07) is -0.455. The van der Waals surface area contributed by atoms with Crippen molar-refractivity contribution < 1.29 is 14.3 Å². The standard InChI is InChI=1S/C11H22N2O3/c1-5-6-16-7-10(14)13-9(4)11(15)12-8(2)3/h8-9H,5-7H2,1-4H3,(H,12,15)(H,13,14). The van der Waals surface area contributed by atoms with Crippen molar-refractivity contribution in [2.45, 2.75) is 46.2 Å². The zero-order valence-corrected chi connectivity index (χ0v) is 10.5. The van der Waals surface area contributed by atoms with E-state index in [1.165, 1.54) is 0 Å². The van der Waals surface area contributed by atoms with Gasteiger partial charge in [-0.3, -0.25) is 9.59 Å². The van der Waals surface area contributed by atoms with Crippen molar-refractivity contribution in [3.63, 3.8) is 0 Å². The van der Waals surface area contributed by atoms with Gasteiger partial charge in [0.25, 0.3) is 0 Å². The summed E-state index contributed by atoms with van der Waals surface area (Å²) in [4.78, 5) is 22.8. The third kappa shape index (κ3) is 7.23. The van der Waals surface area contributed by atoms with Crippen molar-refractivity contribution >= 4 is 11.8 Å². The van der Waals surface area contributed by atoms with E-state index in [9.17, 15) is 9.59 Å². The number of carbonyl (C=O) groups excluding carboxylic acids is 2. The summed E-state index contributed by atoms with van der Waals surface area (Å²) in [6.07, 6.45) is 0.872. The van der Waals surface area contributed by atoms with E-state index in [1.807, 2.05) is 20.8 Å². The number of rotatable bonds is 7. The molecule has 0 fully saturated rings. The van der Waals surface area contributed by atoms with Crippen LogP contribution in [-0.2, 0) is 14.3 Å². The van der Waals surface area contributed by atoms with Crippen LogP contribution in [0.5, 0.6) is 0 Å². The van der Waals surface area contributed by atoms with Crippen LogP contribution in [0.25, 0.3) is 0 Å². The number of amides is 2. The first-order valence-electron chi connectivity index (χ1n) is 5.64. The first kappa shape index (κ1) is 14.9. The molecule has 0 saturated heterocycles. The molecule has 0 spiro atoms. The topological polar surface area (TPSA) is 67.4 Å². The predicted molar refractivity (Wildman–Crippen MR) is 62.0 cm³/mol. The Balaban J connectivity index is 3.80. The second-order valence-corrected chi connectivity index (χ2v) is 4.01. The maximum absolute atomic E-state index is 11.5. The van der Waals surface area contributed by atoms with Gasteiger partial charge in [-0.2, -0.15) is 0 Å². The van der Waals surface area contributed by atoms with Crippen LogP contribution in [0.2, 0.25) is 0 Å². The monoisotopic (exact) mass is 230 g/mol. The van der Waals surface area contributed by atoms with Gasteiger partial charge in [0.1, 0.15) is 12.6 Å². The Labute approximate surface area is 96.9 Å². The summed E-state index contributed by atoms with van der Waals surface area (Å²) >= 11 is 0. The Morgan fingerprint density at radius 2 is 1.81 bits per heavy atom. The number of ether oxygens (including phenoxy) is 1. The zero-order chi connectivity index (χ0) is 12.6. The fourth-order valence-corrected chi connectivity index (χ4v) is 1.07. The minimum atomic E-state index is -0.528. The lowest BCUT2D eigenvalue weighted by Gasteiger charge is -2.15. The van der Waals surface area contributed by atoms with Crippen LogP contribution < -0.4 is 10.6 Å². The Morgan fingerprint density at radius 3 is 2.31 bits per heavy atom. The fourth-order valence-electron chi connectivity index (χ4n) is 1.07. The average molecular weight is 230 g/mol. The van der Waals surface area contributed by atoms with Gasteiger partial charge in [-0.15, -0.1) is 0 Å². The molecule has 0 aliphatic rings. The number of hydrogen-bond donors (Lipinski definition) is 2. The molecule has 0 radical (unpaired) electrons. The summed E-state index contributed by atoms with van der Waals surface area (Å²) in [5.41, 5.74) is 0. The quantitative estimate of drug-likeness (QED) is 0.624. The molecular weight excluding hydrogens is 208 g/mol. The van der Waals surface area contributed by atoms with Crippen LogP contribution in [0.3, 0.4) is 0 Å². The number of nitrogens with one attached hydrogen (secondary N) is 2. The first-order chi connectivity index (χ1) is 7.47. The Hall–Kier alpha value is -1.10. The van der Waals surface area contributed by atoms with Crippen molar-refractivity contribution in [3.05, 3.63) is 0 Å². The highest BCUT2D eigenvalue weighted by atomic mass is 16.5. The highest BCUT2D eigenvalue weighted by Gasteiger charge is 2.15. The molecule has 0 bridgehead atoms. The third-order valence-corrected chi connectivity index (χ3v) is 1.78. The van der Waals surface area contributed by atoms with Gasteiger partial charge in [-0.1, -0.05) is 6.92 Å². The van der Waals surface area contributed by atoms with Crippen molar-refractivity contribution in [2.75, 3.05) is 13.2 Å². The minimum Gasteiger partial charge on any atom is -0.372 e. The van der Waals surface area contributed by atoms with Crippen molar-refractivity contribution in [2.24, 2.45) is 0 Å². The highest BCUT2D eigenvalue weighted by Crippen LogP contribution is 1.87. The van der Waals surface area contributed by atoms with Crippen LogP contribution in [0.1, 0.15) is 34.1 Å². The Kier molecular flexibility index (Phi) is 7.54. The van der Waals surface area contributed by atoms with E-state index < -0.39 is 6.04 Å². The SMILES string of the molecule is CCCOCC(=O)NC(C)C(=O)NC(C)C. The second-order valence-electron chi connectivity index (χ2n) is 4.01. The van der Waals surface area contributed by atoms with Gasteiger partial charge < -0.3 is 15.4 Å². The molecule has 0 aromatic carbocycles. The molecule has 0 aliphatic heterocycles. The largest absolute Gasteiger partial charge is 0.372 e. The molecule has 5 heteroatoms. The number of carbonyl (C=O) groups is 2. The van der Waals surface area contributed by atoms with Gasteiger partial charge in [0.05, 0.1) is 0 Å². The molecule has 0 heterocycles. The van der Waals surface area contributed by atoms with Crippen LogP contribution in [0.15, 0.2) is 0 Å². The van der Waals surface area contributed by atoms with Crippen molar-refractivity contribution in [3.8, 4) is 0 Å². The highest BCUT2D eigenvalue weighted by molar-refractivity contribution is 5.87. The summed E-state index contributed by atoms with van der Waals surface area (Å²) in [5, 5.41) is 5.29. The summed E-state index contributed by atoms with van der Waals surface area (Å²) in [6.45, 7) is 7.92. The molecule has 2 N–H and O–H groups in total. The van der Waals surface area contributed by atoms with E-state index in [-0.39, 0.29) is 24.5 Å². The maximum atomic E-state index is 11.5. The number of hydrogen-bond acceptors (Lipinski definition) is 3. The molecule has 5 nitrogen and oxygen atoms in total. The van der Waals surface area contributed by atoms with Crippen LogP contribution in [0.4, 0.5) is 0 Å². The lowest BCUT2D eigenvalue weighted by atomic mass is 10.3. The predicted octanol–water partition coefficient (Wildman–Crippen LogP) is 0.442. The first-order valence-corrected chi connectivity index (χ1v) is 5.64. The minimum absolute atomic E-state index is 0.00708. The van der Waals surface area contributed by atoms with Gasteiger partial charge in [0.2, 0.25) is 11.8 Å². The van der Waals surface area contributed by atoms with Gasteiger partial charge in [0.15, 0.2) is 0 Å². The summed E-state index contributed by atoms with van der Waals surface area (Å²) in [7, 11) is 0. The maximum Gasteiger partial charge on any atom is 0.246 e. The lowest BCUT2D eigenvalue weighted by molar-refractivity contribution is -0.131. The van der Waals surface area contributed by atoms with Crippen LogP contribution in [0, 0.1) is 0 Å². The zero-order valence-electron chi connectivity index (χ0n) is 10.5. The van der Waals surface area contributed by atoms with Gasteiger partial charge in [-0.25, -0.2) is 0 Å². The third-order valence-electron chi connectivity index (χ3n) is 1.78. The molecule has 0 aromatic rings. The molecule has 0 aliphatic carbocycles. The molecule has 0 aromatic heterocycles. The van der Waals surface area contributed by atoms with E-state index in [1.54, 1.807) is 6.92 Å². The summed E-state index contributed by atoms with van der Waals surface area (Å²) < 4.78 is 5.06. The molecule has 2 amide bonds. The van der Waals surface area contributed by atoms with E-state index >= 15 is 0 Å². The smallest absolute Gasteiger partial charge is 0.246 e. The van der Waals surface area contributed by atoms with Crippen molar-refractivity contribution in [1.82, 2.24) is 10.6 Å². The molecule has 0 saturated carbocycles. The van der Waals surface area contributed by atoms with E-state index in [4.69, 9.17) is 4.74 Å². The van der Waals surface area contributed by atoms with E-state index in [0.717, 1.165) is 6.42 Å². The Bertz CT molecular complexity index is 229. The lowest BCUT2D eigenvalue weighted by Crippen LogP contribution is -2.47. The van der Waals surface area contributed by atoms with Gasteiger partial charge in [-0.05, 0) is 27.2 Å². The van der Waals surface area contributed by atoms with E-state index in [2.05, 4.69) is 10.6 Å². The molecular formula is C11H22N2O3. The molecule has 1 unspecified atom stereocenters. The average Bonchev–Trinajstić information content (AvgIpc) is 2.16. The fraction of sp³-hybridized carbons (Fsp3) is 0.818. The molecule has 0 rings (SSSR count). The normalized spacial score (nSPS) is 12.3.